The molecule has 0 fully saturated rings. The number of carbonyl (C=O) groups is 2. The summed E-state index contributed by atoms with van der Waals surface area (Å²) in [7, 11) is 1.59. The molecule has 0 spiro atoms. The fourth-order valence-electron chi connectivity index (χ4n) is 2.94. The van der Waals surface area contributed by atoms with E-state index in [2.05, 4.69) is 15.7 Å². The zero-order chi connectivity index (χ0) is 20.6. The second-order valence-corrected chi connectivity index (χ2v) is 6.44. The maximum atomic E-state index is 12.8. The van der Waals surface area contributed by atoms with Crippen molar-refractivity contribution in [3.63, 3.8) is 0 Å². The van der Waals surface area contributed by atoms with Crippen molar-refractivity contribution in [2.75, 3.05) is 20.2 Å². The summed E-state index contributed by atoms with van der Waals surface area (Å²) in [6, 6.07) is 17.3. The molecule has 3 rings (SSSR count). The molecule has 2 N–H and O–H groups in total. The highest BCUT2D eigenvalue weighted by molar-refractivity contribution is 6.01. The largest absolute Gasteiger partial charge is 0.497 e. The number of carbonyl (C=O) groups excluding carboxylic acids is 2. The molecule has 3 aromatic rings. The van der Waals surface area contributed by atoms with Gasteiger partial charge in [-0.3, -0.25) is 14.3 Å². The van der Waals surface area contributed by atoms with Crippen molar-refractivity contribution >= 4 is 11.8 Å². The van der Waals surface area contributed by atoms with Crippen LogP contribution in [0, 0.1) is 0 Å². The normalized spacial score (nSPS) is 10.4. The minimum Gasteiger partial charge on any atom is -0.497 e. The topological polar surface area (TPSA) is 85.3 Å². The molecule has 0 unspecified atom stereocenters. The first-order valence-corrected chi connectivity index (χ1v) is 9.41. The number of likely N-dealkylation sites (N-methyl/N-ethyl adjacent to an activating group) is 1. The molecular formula is C22H24N4O3. The number of benzene rings is 2. The van der Waals surface area contributed by atoms with Gasteiger partial charge in [-0.2, -0.15) is 5.10 Å². The van der Waals surface area contributed by atoms with Gasteiger partial charge in [-0.05, 0) is 24.6 Å². The Labute approximate surface area is 169 Å². The SMILES string of the molecule is CCNC(=O)CNC(=O)c1cn(Cc2ccccc2)nc1-c1cccc(OC)c1. The van der Waals surface area contributed by atoms with E-state index in [0.717, 1.165) is 11.1 Å². The Morgan fingerprint density at radius 2 is 1.86 bits per heavy atom. The lowest BCUT2D eigenvalue weighted by atomic mass is 10.1. The predicted octanol–water partition coefficient (Wildman–Crippen LogP) is 2.47. The minimum atomic E-state index is -0.353. The van der Waals surface area contributed by atoms with Crippen molar-refractivity contribution in [3.05, 3.63) is 71.9 Å². The number of rotatable bonds is 8. The minimum absolute atomic E-state index is 0.0892. The zero-order valence-electron chi connectivity index (χ0n) is 16.5. The summed E-state index contributed by atoms with van der Waals surface area (Å²) in [4.78, 5) is 24.5. The number of methoxy groups -OCH3 is 1. The first-order valence-electron chi connectivity index (χ1n) is 9.41. The maximum absolute atomic E-state index is 12.8. The van der Waals surface area contributed by atoms with E-state index in [1.54, 1.807) is 18.0 Å². The highest BCUT2D eigenvalue weighted by Gasteiger charge is 2.19. The van der Waals surface area contributed by atoms with Crippen LogP contribution in [0.1, 0.15) is 22.8 Å². The van der Waals surface area contributed by atoms with Gasteiger partial charge in [-0.15, -0.1) is 0 Å². The lowest BCUT2D eigenvalue weighted by Gasteiger charge is -2.06. The molecular weight excluding hydrogens is 368 g/mol. The third-order valence-corrected chi connectivity index (χ3v) is 4.32. The fraction of sp³-hybridized carbons (Fsp3) is 0.227. The van der Waals surface area contributed by atoms with Crippen molar-refractivity contribution in [1.82, 2.24) is 20.4 Å². The Kier molecular flexibility index (Phi) is 6.63. The van der Waals surface area contributed by atoms with Crippen molar-refractivity contribution in [2.24, 2.45) is 0 Å². The van der Waals surface area contributed by atoms with E-state index < -0.39 is 0 Å². The average Bonchev–Trinajstić information content (AvgIpc) is 3.17. The summed E-state index contributed by atoms with van der Waals surface area (Å²) >= 11 is 0. The van der Waals surface area contributed by atoms with E-state index in [0.29, 0.717) is 30.1 Å². The van der Waals surface area contributed by atoms with Crippen LogP contribution in [0.5, 0.6) is 5.75 Å². The van der Waals surface area contributed by atoms with Gasteiger partial charge in [0.25, 0.3) is 5.91 Å². The predicted molar refractivity (Wildman–Crippen MR) is 111 cm³/mol. The monoisotopic (exact) mass is 392 g/mol. The first kappa shape index (κ1) is 20.1. The summed E-state index contributed by atoms with van der Waals surface area (Å²) in [5, 5.41) is 9.96. The number of hydrogen-bond donors (Lipinski definition) is 2. The average molecular weight is 392 g/mol. The van der Waals surface area contributed by atoms with Gasteiger partial charge in [0.15, 0.2) is 0 Å². The number of hydrogen-bond acceptors (Lipinski definition) is 4. The molecule has 0 atom stereocenters. The van der Waals surface area contributed by atoms with Crippen LogP contribution in [-0.2, 0) is 11.3 Å². The summed E-state index contributed by atoms with van der Waals surface area (Å²) in [6.07, 6.45) is 1.70. The molecule has 150 valence electrons. The van der Waals surface area contributed by atoms with E-state index in [4.69, 9.17) is 4.74 Å². The van der Waals surface area contributed by atoms with Crippen LogP contribution in [0.2, 0.25) is 0 Å². The van der Waals surface area contributed by atoms with Crippen LogP contribution >= 0.6 is 0 Å². The van der Waals surface area contributed by atoms with Gasteiger partial charge < -0.3 is 15.4 Å². The number of ether oxygens (including phenoxy) is 1. The van der Waals surface area contributed by atoms with Gasteiger partial charge in [-0.25, -0.2) is 0 Å². The van der Waals surface area contributed by atoms with Gasteiger partial charge in [0.05, 0.1) is 25.8 Å². The maximum Gasteiger partial charge on any atom is 0.255 e. The smallest absolute Gasteiger partial charge is 0.255 e. The summed E-state index contributed by atoms with van der Waals surface area (Å²) < 4.78 is 7.02. The van der Waals surface area contributed by atoms with Gasteiger partial charge in [0.1, 0.15) is 11.4 Å². The molecule has 0 aliphatic heterocycles. The summed E-state index contributed by atoms with van der Waals surface area (Å²) in [6.45, 7) is 2.78. The lowest BCUT2D eigenvalue weighted by molar-refractivity contribution is -0.120. The van der Waals surface area contributed by atoms with Gasteiger partial charge in [0, 0.05) is 18.3 Å². The number of aromatic nitrogens is 2. The van der Waals surface area contributed by atoms with Crippen LogP contribution in [0.15, 0.2) is 60.8 Å². The van der Waals surface area contributed by atoms with Gasteiger partial charge in [0.2, 0.25) is 5.91 Å². The van der Waals surface area contributed by atoms with Crippen LogP contribution in [0.4, 0.5) is 0 Å². The molecule has 2 aromatic carbocycles. The third kappa shape index (κ3) is 5.22. The van der Waals surface area contributed by atoms with Crippen LogP contribution in [0.3, 0.4) is 0 Å². The van der Waals surface area contributed by atoms with Crippen molar-refractivity contribution < 1.29 is 14.3 Å². The number of amides is 2. The molecule has 0 aliphatic carbocycles. The standard InChI is InChI=1S/C22H24N4O3/c1-3-23-20(27)13-24-22(28)19-15-26(14-16-8-5-4-6-9-16)25-21(19)17-10-7-11-18(12-17)29-2/h4-12,15H,3,13-14H2,1-2H3,(H,23,27)(H,24,28). The number of nitrogens with one attached hydrogen (secondary N) is 2. The highest BCUT2D eigenvalue weighted by atomic mass is 16.5. The Morgan fingerprint density at radius 1 is 1.07 bits per heavy atom. The Morgan fingerprint density at radius 3 is 2.59 bits per heavy atom. The second-order valence-electron chi connectivity index (χ2n) is 6.44. The number of nitrogens with zero attached hydrogens (tertiary/aromatic N) is 2. The summed E-state index contributed by atoms with van der Waals surface area (Å²) in [5.41, 5.74) is 2.77. The second kappa shape index (κ2) is 9.54. The molecule has 0 radical (unpaired) electrons. The summed E-state index contributed by atoms with van der Waals surface area (Å²) in [5.74, 6) is 0.0858. The molecule has 29 heavy (non-hydrogen) atoms. The van der Waals surface area contributed by atoms with Crippen LogP contribution < -0.4 is 15.4 Å². The highest BCUT2D eigenvalue weighted by Crippen LogP contribution is 2.26. The van der Waals surface area contributed by atoms with Gasteiger partial charge in [-0.1, -0.05) is 42.5 Å². The molecule has 2 amide bonds. The third-order valence-electron chi connectivity index (χ3n) is 4.32. The molecule has 7 heteroatoms. The van der Waals surface area contributed by atoms with Crippen molar-refractivity contribution in [2.45, 2.75) is 13.5 Å². The van der Waals surface area contributed by atoms with E-state index in [9.17, 15) is 9.59 Å². The van der Waals surface area contributed by atoms with Gasteiger partial charge >= 0.3 is 0 Å². The van der Waals surface area contributed by atoms with Crippen LogP contribution in [0.25, 0.3) is 11.3 Å². The van der Waals surface area contributed by atoms with Crippen molar-refractivity contribution in [1.29, 1.82) is 0 Å². The Balaban J connectivity index is 1.91. The Bertz CT molecular complexity index is 983. The first-order chi connectivity index (χ1) is 14.1. The molecule has 0 saturated heterocycles. The lowest BCUT2D eigenvalue weighted by Crippen LogP contribution is -2.36. The molecule has 7 nitrogen and oxygen atoms in total. The van der Waals surface area contributed by atoms with E-state index in [-0.39, 0.29) is 18.4 Å². The molecule has 0 aliphatic rings. The zero-order valence-corrected chi connectivity index (χ0v) is 16.5. The van der Waals surface area contributed by atoms with E-state index >= 15 is 0 Å². The van der Waals surface area contributed by atoms with Crippen molar-refractivity contribution in [3.8, 4) is 17.0 Å². The molecule has 1 aromatic heterocycles. The fourth-order valence-corrected chi connectivity index (χ4v) is 2.94. The molecule has 0 saturated carbocycles. The Hall–Kier alpha value is -3.61. The molecule has 0 bridgehead atoms. The van der Waals surface area contributed by atoms with E-state index in [1.807, 2.05) is 61.5 Å². The van der Waals surface area contributed by atoms with Crippen LogP contribution in [-0.4, -0.2) is 41.8 Å². The van der Waals surface area contributed by atoms with E-state index in [1.165, 1.54) is 0 Å². The quantitative estimate of drug-likeness (QED) is 0.617. The molecule has 1 heterocycles.